The van der Waals surface area contributed by atoms with Gasteiger partial charge in [0.1, 0.15) is 26.7 Å². The lowest BCUT2D eigenvalue weighted by Gasteiger charge is -2.30. The molecule has 0 aliphatic carbocycles. The molecule has 0 aromatic rings. The van der Waals surface area contributed by atoms with Crippen LogP contribution < -0.4 is 90.4 Å². The summed E-state index contributed by atoms with van der Waals surface area (Å²) in [6.45, 7) is 67.1. The molecule has 17 aliphatic heterocycles. The molecular formula is C91H195F4N17O21. The largest absolute Gasteiger partial charge is 0.395 e. The van der Waals surface area contributed by atoms with E-state index in [1.807, 2.05) is 0 Å². The fraction of sp³-hybridized carbons (Fsp3) is 1.00. The molecule has 17 aliphatic rings. The summed E-state index contributed by atoms with van der Waals surface area (Å²) in [5.41, 5.74) is 0.207. The molecule has 0 radical (unpaired) electrons. The average Bonchev–Trinajstić information content (AvgIpc) is 0.907. The molecule has 0 bridgehead atoms. The SMILES string of the molecule is CC1(C)COCCN1.CC[C@@H]1CNCCO1.CC[C@H]1CNCCO1.C[C@@H]1CNCCO1.C[C@@H]1COCCN1.C[C@@H]1COC[C@@H](C)N1.C[C@@H]1COC[C@H](C)N1.C[C@H]1CNCCO1.C[C@H]1COC[C@H](C)N1.FC[C@@H]1CNCCO1.FC[C@@H]1COCCN1.FC[C@H]1CNCCO1.FC[C@H]1COCCN1.OC[C@@H]1CNCCO1.OC[C@@H]1COCCN1.OC[C@H]1CNCCO1.OC[C@H]1COCCN1. The van der Waals surface area contributed by atoms with Gasteiger partial charge in [0.15, 0.2) is 0 Å². The highest BCUT2D eigenvalue weighted by atomic mass is 19.1. The Morgan fingerprint density at radius 2 is 0.504 bits per heavy atom. The van der Waals surface area contributed by atoms with E-state index in [4.69, 9.17) is 101 Å². The summed E-state index contributed by atoms with van der Waals surface area (Å²) < 4.78 is 134. The van der Waals surface area contributed by atoms with Gasteiger partial charge in [0.05, 0.1) is 271 Å². The van der Waals surface area contributed by atoms with E-state index in [-0.39, 0.29) is 107 Å². The number of ether oxygens (including phenoxy) is 17. The number of rotatable bonds is 10. The van der Waals surface area contributed by atoms with Crippen molar-refractivity contribution in [3.05, 3.63) is 0 Å². The molecule has 21 N–H and O–H groups in total. The van der Waals surface area contributed by atoms with Gasteiger partial charge >= 0.3 is 0 Å². The van der Waals surface area contributed by atoms with E-state index in [1.165, 1.54) is 0 Å². The highest BCUT2D eigenvalue weighted by Crippen LogP contribution is 2.07. The summed E-state index contributed by atoms with van der Waals surface area (Å²) in [5.74, 6) is 0. The molecule has 17 rings (SSSR count). The molecule has 0 amide bonds. The Bertz CT molecular complexity index is 1930. The molecule has 17 fully saturated rings. The number of halogens is 4. The maximum atomic E-state index is 11.7. The van der Waals surface area contributed by atoms with E-state index in [9.17, 15) is 17.6 Å². The summed E-state index contributed by atoms with van der Waals surface area (Å²) in [6.07, 6.45) is 3.75. The van der Waals surface area contributed by atoms with Gasteiger partial charge in [-0.25, -0.2) is 17.6 Å². The standard InChI is InChI=1S/6C6H13NO.4C5H10FNO.4C5H11NO2.3C5H11NO/c3*1-5-3-8-4-6(2)7-5;1-6(2)5-8-4-3-7-6;2*1-2-6-5-7-3-4-8-6;2*6-3-5-4-8-2-1-7-5;2*6-3-5-4-7-1-2-8-5;2*7-3-5-4-8-2-1-6-5;2*7-4-5-3-6-1-2-8-5;1-5-4-7-3-2-6-5;2*1-5-4-6-2-3-7-5/h3*5-7H,3-4H2,1-2H3;7H,3-5H2,1-2H3;2*6-7H,2-5H2,1H3;4*5,7H,1-4H2;4*5-7H,1-4H2;3*5-6H,2-4H2,1H3/t5-,6+;2*5-,6-;;2*6-;11*5-/m.10.1010101010110/s1. The molecule has 42 heteroatoms. The monoisotopic (exact) mass is 1940 g/mol. The summed E-state index contributed by atoms with van der Waals surface area (Å²) in [7, 11) is 0. The van der Waals surface area contributed by atoms with Crippen molar-refractivity contribution in [2.45, 2.75) is 224 Å². The number of morpholine rings is 17. The molecule has 19 atom stereocenters. The fourth-order valence-corrected chi connectivity index (χ4v) is 13.5. The van der Waals surface area contributed by atoms with Gasteiger partial charge in [0.25, 0.3) is 0 Å². The Morgan fingerprint density at radius 1 is 0.248 bits per heavy atom. The average molecular weight is 1940 g/mol. The molecular weight excluding hydrogens is 1740 g/mol. The Labute approximate surface area is 798 Å². The minimum Gasteiger partial charge on any atom is -0.395 e. The second-order valence-corrected chi connectivity index (χ2v) is 35.3. The first-order chi connectivity index (χ1) is 64.6. The molecule has 0 unspecified atom stereocenters. The van der Waals surface area contributed by atoms with Gasteiger partial charge in [-0.3, -0.25) is 0 Å². The van der Waals surface area contributed by atoms with Gasteiger partial charge < -0.3 is 191 Å². The number of aliphatic hydroxyl groups excluding tert-OH is 4. The number of alkyl halides is 4. The van der Waals surface area contributed by atoms with Crippen molar-refractivity contribution in [3.8, 4) is 0 Å². The van der Waals surface area contributed by atoms with E-state index < -0.39 is 0 Å². The van der Waals surface area contributed by atoms with Gasteiger partial charge in [0, 0.05) is 192 Å². The van der Waals surface area contributed by atoms with Crippen molar-refractivity contribution in [1.29, 1.82) is 0 Å². The van der Waals surface area contributed by atoms with Crippen molar-refractivity contribution in [1.82, 2.24) is 90.4 Å². The van der Waals surface area contributed by atoms with Gasteiger partial charge in [-0.2, -0.15) is 0 Å². The van der Waals surface area contributed by atoms with Crippen molar-refractivity contribution < 1.29 is 119 Å². The summed E-state index contributed by atoms with van der Waals surface area (Å²) in [6, 6.07) is 4.04. The lowest BCUT2D eigenvalue weighted by molar-refractivity contribution is -0.00619. The molecule has 17 heterocycles. The van der Waals surface area contributed by atoms with Crippen molar-refractivity contribution in [3.63, 3.8) is 0 Å². The van der Waals surface area contributed by atoms with Crippen LogP contribution in [0.2, 0.25) is 0 Å². The van der Waals surface area contributed by atoms with Crippen molar-refractivity contribution in [2.24, 2.45) is 0 Å². The van der Waals surface area contributed by atoms with Crippen LogP contribution in [0.3, 0.4) is 0 Å². The zero-order valence-corrected chi connectivity index (χ0v) is 84.2. The molecule has 0 aromatic carbocycles. The first-order valence-electron chi connectivity index (χ1n) is 49.7. The predicted octanol–water partition coefficient (Wildman–Crippen LogP) is -2.07. The van der Waals surface area contributed by atoms with Crippen LogP contribution in [-0.2, 0) is 80.5 Å². The third kappa shape index (κ3) is 81.3. The molecule has 0 spiro atoms. The van der Waals surface area contributed by atoms with Crippen LogP contribution in [0.25, 0.3) is 0 Å². The third-order valence-corrected chi connectivity index (χ3v) is 21.1. The first-order valence-corrected chi connectivity index (χ1v) is 49.7. The quantitative estimate of drug-likeness (QED) is 0.105. The first kappa shape index (κ1) is 129. The van der Waals surface area contributed by atoms with Gasteiger partial charge in [0.2, 0.25) is 0 Å². The topological polar surface area (TPSA) is 442 Å². The Morgan fingerprint density at radius 3 is 0.617 bits per heavy atom. The predicted molar refractivity (Wildman–Crippen MR) is 515 cm³/mol. The van der Waals surface area contributed by atoms with Gasteiger partial charge in [-0.1, -0.05) is 13.8 Å². The molecule has 133 heavy (non-hydrogen) atoms. The molecule has 0 aromatic heterocycles. The van der Waals surface area contributed by atoms with Crippen LogP contribution in [0.1, 0.15) is 103 Å². The van der Waals surface area contributed by atoms with Crippen LogP contribution in [-0.4, -0.2) is 510 Å². The number of hydrogen-bond donors (Lipinski definition) is 21. The third-order valence-electron chi connectivity index (χ3n) is 21.1. The van der Waals surface area contributed by atoms with E-state index >= 15 is 0 Å². The smallest absolute Gasteiger partial charge is 0.117 e. The van der Waals surface area contributed by atoms with E-state index in [0.717, 1.165) is 276 Å². The summed E-state index contributed by atoms with van der Waals surface area (Å²) >= 11 is 0. The minimum absolute atomic E-state index is 0.0312. The van der Waals surface area contributed by atoms with Crippen LogP contribution in [0.4, 0.5) is 17.6 Å². The van der Waals surface area contributed by atoms with Crippen LogP contribution in [0, 0.1) is 0 Å². The van der Waals surface area contributed by atoms with Crippen LogP contribution in [0.15, 0.2) is 0 Å². The number of hydrogen-bond acceptors (Lipinski definition) is 38. The maximum Gasteiger partial charge on any atom is 0.117 e. The molecule has 38 nitrogen and oxygen atoms in total. The summed E-state index contributed by atoms with van der Waals surface area (Å²) in [5, 5.41) is 88.1. The lowest BCUT2D eigenvalue weighted by Crippen LogP contribution is -2.49. The van der Waals surface area contributed by atoms with Gasteiger partial charge in [-0.05, 0) is 89.0 Å². The highest BCUT2D eigenvalue weighted by molar-refractivity contribution is 4.81. The number of nitrogens with one attached hydrogen (secondary N) is 17. The normalized spacial score (nSPS) is 32.3. The van der Waals surface area contributed by atoms with Crippen molar-refractivity contribution in [2.75, 3.05) is 369 Å². The highest BCUT2D eigenvalue weighted by Gasteiger charge is 2.23. The van der Waals surface area contributed by atoms with E-state index in [2.05, 4.69) is 180 Å². The summed E-state index contributed by atoms with van der Waals surface area (Å²) in [4.78, 5) is 0. The Balaban J connectivity index is 0.000000707. The van der Waals surface area contributed by atoms with Gasteiger partial charge in [-0.15, -0.1) is 0 Å². The lowest BCUT2D eigenvalue weighted by atomic mass is 10.1. The fourth-order valence-electron chi connectivity index (χ4n) is 13.5. The minimum atomic E-state index is -0.368. The van der Waals surface area contributed by atoms with Crippen LogP contribution >= 0.6 is 0 Å². The van der Waals surface area contributed by atoms with Crippen molar-refractivity contribution >= 4 is 0 Å². The molecule has 0 saturated carbocycles. The molecule has 798 valence electrons. The zero-order chi connectivity index (χ0) is 97.5. The molecule has 17 saturated heterocycles. The zero-order valence-electron chi connectivity index (χ0n) is 84.2. The second-order valence-electron chi connectivity index (χ2n) is 35.3. The van der Waals surface area contributed by atoms with E-state index in [0.29, 0.717) is 119 Å². The second kappa shape index (κ2) is 92.6. The Hall–Kier alpha value is -1.80. The number of aliphatic hydroxyl groups is 4. The van der Waals surface area contributed by atoms with E-state index in [1.54, 1.807) is 0 Å². The van der Waals surface area contributed by atoms with Crippen LogP contribution in [0.5, 0.6) is 0 Å². The Kier molecular flexibility index (Phi) is 90.0. The maximum absolute atomic E-state index is 11.7.